The first kappa shape index (κ1) is 27.1. The number of hydrogen-bond acceptors (Lipinski definition) is 4. The van der Waals surface area contributed by atoms with Crippen molar-refractivity contribution in [3.05, 3.63) is 0 Å². The summed E-state index contributed by atoms with van der Waals surface area (Å²) in [5, 5.41) is 0. The average molecular weight is 402 g/mol. The minimum Gasteiger partial charge on any atom is -0.420 e. The van der Waals surface area contributed by atoms with Gasteiger partial charge in [-0.1, -0.05) is 48.5 Å². The van der Waals surface area contributed by atoms with Crippen LogP contribution in [0, 0.1) is 5.41 Å². The van der Waals surface area contributed by atoms with Crippen LogP contribution in [-0.4, -0.2) is 89.0 Å². The lowest BCUT2D eigenvalue weighted by Gasteiger charge is -2.45. The van der Waals surface area contributed by atoms with Gasteiger partial charge in [0.25, 0.3) is 0 Å². The average Bonchev–Trinajstić information content (AvgIpc) is 2.72. The Bertz CT molecular complexity index is 315. The van der Waals surface area contributed by atoms with Gasteiger partial charge in [-0.2, -0.15) is 0 Å². The van der Waals surface area contributed by atoms with Crippen LogP contribution in [0.15, 0.2) is 0 Å². The molecule has 164 valence electrons. The molecule has 0 spiro atoms. The summed E-state index contributed by atoms with van der Waals surface area (Å²) in [6.07, 6.45) is 1.28. The summed E-state index contributed by atoms with van der Waals surface area (Å²) in [6, 6.07) is 2.48. The topological polar surface area (TPSA) is 19.0 Å². The van der Waals surface area contributed by atoms with E-state index in [4.69, 9.17) is 4.43 Å². The second-order valence-electron chi connectivity index (χ2n) is 8.39. The maximum absolute atomic E-state index is 6.05. The minimum atomic E-state index is -1.58. The molecule has 0 rings (SSSR count). The van der Waals surface area contributed by atoms with Gasteiger partial charge >= 0.3 is 0 Å². The molecule has 1 atom stereocenters. The van der Waals surface area contributed by atoms with Crippen LogP contribution >= 0.6 is 0 Å². The molecule has 0 fully saturated rings. The highest BCUT2D eigenvalue weighted by molar-refractivity contribution is 6.72. The largest absolute Gasteiger partial charge is 0.420 e. The first-order valence-electron chi connectivity index (χ1n) is 11.5. The lowest BCUT2D eigenvalue weighted by molar-refractivity contribution is 0.0580. The molecule has 0 aromatic heterocycles. The first-order valence-corrected chi connectivity index (χ1v) is 14.4. The van der Waals surface area contributed by atoms with Gasteiger partial charge in [0.05, 0.1) is 0 Å². The molecule has 0 radical (unpaired) electrons. The van der Waals surface area contributed by atoms with Gasteiger partial charge in [-0.25, -0.2) is 0 Å². The lowest BCUT2D eigenvalue weighted by atomic mass is 9.82. The molecule has 27 heavy (non-hydrogen) atoms. The number of hydrogen-bond donors (Lipinski definition) is 0. The maximum Gasteiger partial charge on any atom is 0.189 e. The predicted molar refractivity (Wildman–Crippen MR) is 124 cm³/mol. The molecule has 0 heterocycles. The third-order valence-electron chi connectivity index (χ3n) is 6.79. The molecular formula is C22H51N3OSi. The van der Waals surface area contributed by atoms with E-state index in [0.717, 1.165) is 39.3 Å². The van der Waals surface area contributed by atoms with Crippen molar-refractivity contribution in [3.63, 3.8) is 0 Å². The van der Waals surface area contributed by atoms with E-state index in [1.165, 1.54) is 38.1 Å². The van der Waals surface area contributed by atoms with Crippen molar-refractivity contribution < 1.29 is 4.43 Å². The van der Waals surface area contributed by atoms with Gasteiger partial charge < -0.3 is 19.1 Å². The number of rotatable bonds is 17. The molecule has 4 nitrogen and oxygen atoms in total. The van der Waals surface area contributed by atoms with E-state index in [2.05, 4.69) is 69.7 Å². The van der Waals surface area contributed by atoms with Crippen molar-refractivity contribution in [1.29, 1.82) is 0 Å². The predicted octanol–water partition coefficient (Wildman–Crippen LogP) is 4.63. The highest BCUT2D eigenvalue weighted by Gasteiger charge is 2.38. The Kier molecular flexibility index (Phi) is 14.1. The second-order valence-corrected chi connectivity index (χ2v) is 12.9. The third kappa shape index (κ3) is 9.40. The van der Waals surface area contributed by atoms with E-state index in [1.54, 1.807) is 0 Å². The van der Waals surface area contributed by atoms with Gasteiger partial charge in [0.2, 0.25) is 0 Å². The van der Waals surface area contributed by atoms with E-state index >= 15 is 0 Å². The van der Waals surface area contributed by atoms with Crippen LogP contribution < -0.4 is 0 Å². The van der Waals surface area contributed by atoms with E-state index in [-0.39, 0.29) is 0 Å². The molecule has 0 aliphatic heterocycles. The van der Waals surface area contributed by atoms with Crippen molar-refractivity contribution in [2.45, 2.75) is 73.5 Å². The van der Waals surface area contributed by atoms with Gasteiger partial charge in [0.1, 0.15) is 0 Å². The highest BCUT2D eigenvalue weighted by atomic mass is 28.4. The summed E-state index contributed by atoms with van der Waals surface area (Å²) in [5.74, 6) is 0. The Morgan fingerprint density at radius 1 is 0.667 bits per heavy atom. The van der Waals surface area contributed by atoms with Gasteiger partial charge in [-0.05, 0) is 64.3 Å². The smallest absolute Gasteiger partial charge is 0.189 e. The summed E-state index contributed by atoms with van der Waals surface area (Å²) in [4.78, 5) is 7.93. The molecule has 0 N–H and O–H groups in total. The van der Waals surface area contributed by atoms with Gasteiger partial charge in [-0.3, -0.25) is 0 Å². The van der Waals surface area contributed by atoms with E-state index < -0.39 is 8.32 Å². The Labute approximate surface area is 172 Å². The monoisotopic (exact) mass is 401 g/mol. The van der Waals surface area contributed by atoms with Crippen molar-refractivity contribution in [2.24, 2.45) is 5.41 Å². The van der Waals surface area contributed by atoms with Crippen LogP contribution in [0.4, 0.5) is 0 Å². The summed E-state index contributed by atoms with van der Waals surface area (Å²) in [7, 11) is 0.364. The van der Waals surface area contributed by atoms with E-state index in [1.807, 2.05) is 7.11 Å². The Morgan fingerprint density at radius 2 is 1.00 bits per heavy atom. The molecule has 0 saturated carbocycles. The molecule has 0 bridgehead atoms. The molecule has 0 aromatic rings. The molecular weight excluding hydrogens is 350 g/mol. The van der Waals surface area contributed by atoms with Crippen molar-refractivity contribution in [1.82, 2.24) is 14.7 Å². The van der Waals surface area contributed by atoms with Gasteiger partial charge in [-0.15, -0.1) is 0 Å². The van der Waals surface area contributed by atoms with Crippen LogP contribution in [0.2, 0.25) is 18.6 Å². The second kappa shape index (κ2) is 14.1. The van der Waals surface area contributed by atoms with Gasteiger partial charge in [0, 0.05) is 32.2 Å². The zero-order valence-electron chi connectivity index (χ0n) is 20.2. The summed E-state index contributed by atoms with van der Waals surface area (Å²) in [5.41, 5.74) is 0.312. The first-order chi connectivity index (χ1) is 12.8. The molecule has 0 aromatic carbocycles. The Balaban J connectivity index is 5.77. The van der Waals surface area contributed by atoms with Crippen molar-refractivity contribution in [2.75, 3.05) is 66.0 Å². The minimum absolute atomic E-state index is 0.312. The van der Waals surface area contributed by atoms with Crippen LogP contribution in [-0.2, 0) is 4.43 Å². The van der Waals surface area contributed by atoms with Crippen LogP contribution in [0.25, 0.3) is 0 Å². The molecule has 0 aliphatic rings. The van der Waals surface area contributed by atoms with Crippen molar-refractivity contribution in [3.8, 4) is 0 Å². The zero-order valence-corrected chi connectivity index (χ0v) is 21.2. The zero-order chi connectivity index (χ0) is 20.9. The quantitative estimate of drug-likeness (QED) is 0.331. The fourth-order valence-electron chi connectivity index (χ4n) is 4.10. The Hall–Kier alpha value is 0.0569. The molecule has 1 unspecified atom stereocenters. The SMILES string of the molecule is CCN(CC)CC(CC[Si](C)(CC)OC)(CN(CC)CC)CN(CC)CC. The molecule has 0 saturated heterocycles. The lowest BCUT2D eigenvalue weighted by Crippen LogP contribution is -2.52. The molecule has 0 amide bonds. The standard InChI is InChI=1S/C22H51N3OSi/c1-10-23(11-2)19-22(20-24(12-3)13-4,21-25(14-5)15-6)17-18-27(9,16-7)26-8/h10-21H2,1-9H3. The Morgan fingerprint density at radius 3 is 1.22 bits per heavy atom. The van der Waals surface area contributed by atoms with E-state index in [9.17, 15) is 0 Å². The summed E-state index contributed by atoms with van der Waals surface area (Å²) >= 11 is 0. The maximum atomic E-state index is 6.05. The molecule has 0 aliphatic carbocycles. The number of nitrogens with zero attached hydrogens (tertiary/aromatic N) is 3. The van der Waals surface area contributed by atoms with Gasteiger partial charge in [0.15, 0.2) is 8.32 Å². The fraction of sp³-hybridized carbons (Fsp3) is 1.00. The third-order valence-corrected chi connectivity index (χ3v) is 10.6. The normalized spacial score (nSPS) is 15.1. The van der Waals surface area contributed by atoms with Crippen LogP contribution in [0.1, 0.15) is 54.9 Å². The molecule has 5 heteroatoms. The summed E-state index contributed by atoms with van der Waals surface area (Å²) < 4.78 is 6.05. The van der Waals surface area contributed by atoms with Crippen LogP contribution in [0.5, 0.6) is 0 Å². The highest BCUT2D eigenvalue weighted by Crippen LogP contribution is 2.33. The van der Waals surface area contributed by atoms with E-state index in [0.29, 0.717) is 5.41 Å². The van der Waals surface area contributed by atoms with Crippen molar-refractivity contribution >= 4 is 8.32 Å². The summed E-state index contributed by atoms with van der Waals surface area (Å²) in [6.45, 7) is 29.0. The fourth-order valence-corrected chi connectivity index (χ4v) is 6.01. The van der Waals surface area contributed by atoms with Crippen LogP contribution in [0.3, 0.4) is 0 Å².